The smallest absolute Gasteiger partial charge is 0.0536 e. The van der Waals surface area contributed by atoms with E-state index in [4.69, 9.17) is 5.73 Å². The second kappa shape index (κ2) is 7.48. The fourth-order valence-corrected chi connectivity index (χ4v) is 1.56. The van der Waals surface area contributed by atoms with Gasteiger partial charge in [0, 0.05) is 11.4 Å². The van der Waals surface area contributed by atoms with Crippen molar-refractivity contribution in [1.29, 1.82) is 0 Å². The maximum Gasteiger partial charge on any atom is 0.0536 e. The first-order valence-electron chi connectivity index (χ1n) is 5.47. The van der Waals surface area contributed by atoms with Crippen molar-refractivity contribution in [2.45, 2.75) is 39.5 Å². The molecule has 0 saturated carbocycles. The summed E-state index contributed by atoms with van der Waals surface area (Å²) in [6.07, 6.45) is 4.82. The summed E-state index contributed by atoms with van der Waals surface area (Å²) in [5, 5.41) is 3.23. The molecule has 0 heterocycles. The molecule has 0 rings (SSSR count). The lowest BCUT2D eigenvalue weighted by molar-refractivity contribution is 0.478. The van der Waals surface area contributed by atoms with Gasteiger partial charge in [0.1, 0.15) is 0 Å². The molecule has 3 N–H and O–H groups in total. The van der Waals surface area contributed by atoms with Crippen molar-refractivity contribution in [3.63, 3.8) is 0 Å². The van der Waals surface area contributed by atoms with Gasteiger partial charge in [0.2, 0.25) is 0 Å². The highest BCUT2D eigenvalue weighted by Gasteiger charge is 2.09. The third-order valence-corrected chi connectivity index (χ3v) is 2.31. The molecule has 0 atom stereocenters. The lowest BCUT2D eigenvalue weighted by Gasteiger charge is -2.19. The van der Waals surface area contributed by atoms with E-state index in [-0.39, 0.29) is 0 Å². The highest BCUT2D eigenvalue weighted by atomic mass is 14.9. The standard InChI is InChI=1S/C12H24N2/c1-5-7-12(8-6-2)11(4)14-9-10(3)13/h12,14H,3-9,13H2,1-2H3. The number of hydrogen-bond acceptors (Lipinski definition) is 2. The van der Waals surface area contributed by atoms with E-state index in [1.807, 2.05) is 0 Å². The molecule has 0 bridgehead atoms. The minimum atomic E-state index is 0.587. The molecule has 0 aromatic rings. The van der Waals surface area contributed by atoms with Crippen LogP contribution in [0, 0.1) is 5.92 Å². The Balaban J connectivity index is 3.94. The summed E-state index contributed by atoms with van der Waals surface area (Å²) in [4.78, 5) is 0. The highest BCUT2D eigenvalue weighted by molar-refractivity contribution is 5.02. The summed E-state index contributed by atoms with van der Waals surface area (Å²) < 4.78 is 0. The molecular formula is C12H24N2. The van der Waals surface area contributed by atoms with E-state index < -0.39 is 0 Å². The summed E-state index contributed by atoms with van der Waals surface area (Å²) in [7, 11) is 0. The molecule has 0 unspecified atom stereocenters. The molecule has 0 aromatic heterocycles. The summed E-state index contributed by atoms with van der Waals surface area (Å²) in [6, 6.07) is 0. The zero-order valence-electron chi connectivity index (χ0n) is 9.60. The first kappa shape index (κ1) is 13.1. The number of allylic oxidation sites excluding steroid dienone is 1. The normalized spacial score (nSPS) is 10.2. The Kier molecular flexibility index (Phi) is 6.99. The predicted molar refractivity (Wildman–Crippen MR) is 63.8 cm³/mol. The number of nitrogens with two attached hydrogens (primary N) is 1. The fraction of sp³-hybridized carbons (Fsp3) is 0.667. The van der Waals surface area contributed by atoms with E-state index in [2.05, 4.69) is 32.3 Å². The Morgan fingerprint density at radius 2 is 1.71 bits per heavy atom. The topological polar surface area (TPSA) is 38.0 Å². The van der Waals surface area contributed by atoms with Crippen LogP contribution < -0.4 is 11.1 Å². The molecule has 0 aliphatic rings. The molecular weight excluding hydrogens is 172 g/mol. The van der Waals surface area contributed by atoms with E-state index in [0.717, 1.165) is 5.70 Å². The Hall–Kier alpha value is -0.920. The summed E-state index contributed by atoms with van der Waals surface area (Å²) in [5.41, 5.74) is 7.27. The average molecular weight is 196 g/mol. The minimum absolute atomic E-state index is 0.587. The van der Waals surface area contributed by atoms with Crippen molar-refractivity contribution in [3.05, 3.63) is 24.6 Å². The third-order valence-electron chi connectivity index (χ3n) is 2.31. The van der Waals surface area contributed by atoms with Crippen LogP contribution in [0.3, 0.4) is 0 Å². The molecule has 14 heavy (non-hydrogen) atoms. The zero-order valence-corrected chi connectivity index (χ0v) is 9.60. The van der Waals surface area contributed by atoms with Gasteiger partial charge >= 0.3 is 0 Å². The summed E-state index contributed by atoms with van der Waals surface area (Å²) in [5.74, 6) is 0.587. The van der Waals surface area contributed by atoms with Gasteiger partial charge in [-0.1, -0.05) is 39.8 Å². The molecule has 0 fully saturated rings. The van der Waals surface area contributed by atoms with Crippen molar-refractivity contribution >= 4 is 0 Å². The van der Waals surface area contributed by atoms with Gasteiger partial charge in [0.25, 0.3) is 0 Å². The largest absolute Gasteiger partial charge is 0.401 e. The molecule has 2 nitrogen and oxygen atoms in total. The number of rotatable bonds is 8. The third kappa shape index (κ3) is 5.68. The van der Waals surface area contributed by atoms with Gasteiger partial charge in [-0.05, 0) is 18.8 Å². The Morgan fingerprint density at radius 1 is 1.21 bits per heavy atom. The molecule has 2 heteroatoms. The van der Waals surface area contributed by atoms with E-state index in [1.165, 1.54) is 25.7 Å². The zero-order chi connectivity index (χ0) is 11.0. The second-order valence-corrected chi connectivity index (χ2v) is 3.81. The van der Waals surface area contributed by atoms with Crippen molar-refractivity contribution < 1.29 is 0 Å². The summed E-state index contributed by atoms with van der Waals surface area (Å²) in [6.45, 7) is 12.8. The average Bonchev–Trinajstić information content (AvgIpc) is 2.14. The van der Waals surface area contributed by atoms with Gasteiger partial charge in [-0.25, -0.2) is 0 Å². The van der Waals surface area contributed by atoms with Crippen LogP contribution in [0.25, 0.3) is 0 Å². The van der Waals surface area contributed by atoms with E-state index >= 15 is 0 Å². The number of hydrogen-bond donors (Lipinski definition) is 2. The molecule has 0 spiro atoms. The first-order valence-corrected chi connectivity index (χ1v) is 5.47. The van der Waals surface area contributed by atoms with Crippen molar-refractivity contribution in [3.8, 4) is 0 Å². The van der Waals surface area contributed by atoms with Gasteiger partial charge < -0.3 is 11.1 Å². The Labute approximate surface area is 88.3 Å². The first-order chi connectivity index (χ1) is 6.61. The highest BCUT2D eigenvalue weighted by Crippen LogP contribution is 2.19. The van der Waals surface area contributed by atoms with Crippen molar-refractivity contribution in [2.75, 3.05) is 6.54 Å². The number of nitrogens with one attached hydrogen (secondary N) is 1. The minimum Gasteiger partial charge on any atom is -0.401 e. The van der Waals surface area contributed by atoms with Gasteiger partial charge in [-0.3, -0.25) is 0 Å². The monoisotopic (exact) mass is 196 g/mol. The van der Waals surface area contributed by atoms with Crippen LogP contribution in [-0.4, -0.2) is 6.54 Å². The Morgan fingerprint density at radius 3 is 2.07 bits per heavy atom. The Bertz CT molecular complexity index is 179. The van der Waals surface area contributed by atoms with Crippen LogP contribution in [0.15, 0.2) is 24.6 Å². The molecule has 0 aliphatic heterocycles. The van der Waals surface area contributed by atoms with Crippen LogP contribution in [0.4, 0.5) is 0 Å². The van der Waals surface area contributed by atoms with Crippen LogP contribution >= 0.6 is 0 Å². The lowest BCUT2D eigenvalue weighted by atomic mass is 9.95. The van der Waals surface area contributed by atoms with E-state index in [1.54, 1.807) is 0 Å². The second-order valence-electron chi connectivity index (χ2n) is 3.81. The quantitative estimate of drug-likeness (QED) is 0.626. The lowest BCUT2D eigenvalue weighted by Crippen LogP contribution is -2.23. The van der Waals surface area contributed by atoms with Crippen LogP contribution in [0.1, 0.15) is 39.5 Å². The fourth-order valence-electron chi connectivity index (χ4n) is 1.56. The van der Waals surface area contributed by atoms with Crippen LogP contribution in [0.2, 0.25) is 0 Å². The van der Waals surface area contributed by atoms with Gasteiger partial charge in [-0.2, -0.15) is 0 Å². The maximum atomic E-state index is 5.49. The molecule has 0 radical (unpaired) electrons. The summed E-state index contributed by atoms with van der Waals surface area (Å²) >= 11 is 0. The van der Waals surface area contributed by atoms with Gasteiger partial charge in [0.15, 0.2) is 0 Å². The SMILES string of the molecule is C=C(N)CNC(=C)C(CCC)CCC. The maximum absolute atomic E-state index is 5.49. The van der Waals surface area contributed by atoms with E-state index in [9.17, 15) is 0 Å². The molecule has 0 aliphatic carbocycles. The van der Waals surface area contributed by atoms with Crippen molar-refractivity contribution in [1.82, 2.24) is 5.32 Å². The predicted octanol–water partition coefficient (Wildman–Crippen LogP) is 2.78. The van der Waals surface area contributed by atoms with Gasteiger partial charge in [0.05, 0.1) is 6.54 Å². The van der Waals surface area contributed by atoms with Gasteiger partial charge in [-0.15, -0.1) is 0 Å². The van der Waals surface area contributed by atoms with Crippen LogP contribution in [0.5, 0.6) is 0 Å². The van der Waals surface area contributed by atoms with Crippen molar-refractivity contribution in [2.24, 2.45) is 11.7 Å². The molecule has 0 saturated heterocycles. The molecule has 0 aromatic carbocycles. The van der Waals surface area contributed by atoms with Crippen LogP contribution in [-0.2, 0) is 0 Å². The molecule has 0 amide bonds. The van der Waals surface area contributed by atoms with E-state index in [0.29, 0.717) is 18.2 Å². The molecule has 82 valence electrons.